The van der Waals surface area contributed by atoms with Crippen LogP contribution in [0.4, 0.5) is 13.2 Å². The second-order valence-corrected chi connectivity index (χ2v) is 8.88. The highest BCUT2D eigenvalue weighted by Crippen LogP contribution is 2.35. The van der Waals surface area contributed by atoms with Gasteiger partial charge in [0.25, 0.3) is 11.8 Å². The van der Waals surface area contributed by atoms with Crippen molar-refractivity contribution >= 4 is 22.6 Å². The number of hydrogen-bond acceptors (Lipinski definition) is 2. The number of amides is 2. The van der Waals surface area contributed by atoms with Crippen LogP contribution in [0, 0.1) is 5.92 Å². The summed E-state index contributed by atoms with van der Waals surface area (Å²) in [6.07, 6.45) is -4.30. The van der Waals surface area contributed by atoms with Crippen molar-refractivity contribution in [3.63, 3.8) is 0 Å². The van der Waals surface area contributed by atoms with Crippen LogP contribution >= 0.6 is 0 Å². The Morgan fingerprint density at radius 1 is 0.970 bits per heavy atom. The predicted octanol–water partition coefficient (Wildman–Crippen LogP) is 5.51. The van der Waals surface area contributed by atoms with Gasteiger partial charge in [0.15, 0.2) is 0 Å². The zero-order chi connectivity index (χ0) is 23.3. The number of likely N-dealkylation sites (tertiary alicyclic amines) is 1. The molecular formula is C26H23F3N2O2. The predicted molar refractivity (Wildman–Crippen MR) is 120 cm³/mol. The average molecular weight is 452 g/mol. The van der Waals surface area contributed by atoms with E-state index < -0.39 is 12.1 Å². The third-order valence-corrected chi connectivity index (χ3v) is 6.77. The van der Waals surface area contributed by atoms with E-state index in [1.165, 1.54) is 4.90 Å². The Labute approximate surface area is 189 Å². The van der Waals surface area contributed by atoms with E-state index in [9.17, 15) is 22.8 Å². The van der Waals surface area contributed by atoms with Gasteiger partial charge in [-0.05, 0) is 64.6 Å². The molecule has 0 N–H and O–H groups in total. The van der Waals surface area contributed by atoms with Crippen LogP contribution in [0.25, 0.3) is 21.9 Å². The van der Waals surface area contributed by atoms with Gasteiger partial charge in [0.1, 0.15) is 0 Å². The lowest BCUT2D eigenvalue weighted by molar-refractivity contribution is -0.183. The number of rotatable bonds is 2. The van der Waals surface area contributed by atoms with E-state index >= 15 is 0 Å². The van der Waals surface area contributed by atoms with Gasteiger partial charge < -0.3 is 9.80 Å². The molecule has 0 unspecified atom stereocenters. The molecular weight excluding hydrogens is 429 g/mol. The minimum absolute atomic E-state index is 0.0249. The molecule has 0 bridgehead atoms. The molecule has 4 nitrogen and oxygen atoms in total. The van der Waals surface area contributed by atoms with Crippen molar-refractivity contribution in [1.82, 2.24) is 9.80 Å². The maximum Gasteiger partial charge on any atom is 0.391 e. The Hall–Kier alpha value is -3.35. The lowest BCUT2D eigenvalue weighted by atomic mass is 9.94. The van der Waals surface area contributed by atoms with E-state index in [0.29, 0.717) is 12.1 Å². The van der Waals surface area contributed by atoms with Gasteiger partial charge in [-0.25, -0.2) is 0 Å². The van der Waals surface area contributed by atoms with Gasteiger partial charge in [0.2, 0.25) is 0 Å². The number of benzene rings is 3. The molecule has 0 atom stereocenters. The number of halogens is 3. The second-order valence-electron chi connectivity index (χ2n) is 8.88. The first-order valence-electron chi connectivity index (χ1n) is 11.0. The normalized spacial score (nSPS) is 17.0. The Morgan fingerprint density at radius 2 is 1.73 bits per heavy atom. The van der Waals surface area contributed by atoms with Crippen molar-refractivity contribution in [3.8, 4) is 11.1 Å². The largest absolute Gasteiger partial charge is 0.391 e. The molecule has 0 aliphatic carbocycles. The first-order valence-corrected chi connectivity index (χ1v) is 11.0. The van der Waals surface area contributed by atoms with Crippen LogP contribution in [0.2, 0.25) is 0 Å². The smallest absolute Gasteiger partial charge is 0.339 e. The van der Waals surface area contributed by atoms with Gasteiger partial charge in [0, 0.05) is 37.8 Å². The maximum absolute atomic E-state index is 13.0. The average Bonchev–Trinajstić information content (AvgIpc) is 3.10. The van der Waals surface area contributed by atoms with Crippen LogP contribution in [0.3, 0.4) is 0 Å². The van der Waals surface area contributed by atoms with E-state index in [-0.39, 0.29) is 37.7 Å². The topological polar surface area (TPSA) is 40.6 Å². The third-order valence-electron chi connectivity index (χ3n) is 6.77. The molecule has 0 saturated carbocycles. The first-order chi connectivity index (χ1) is 15.7. The maximum atomic E-state index is 13.0. The van der Waals surface area contributed by atoms with Crippen molar-refractivity contribution in [1.29, 1.82) is 0 Å². The highest BCUT2D eigenvalue weighted by atomic mass is 19.4. The molecule has 0 aromatic heterocycles. The molecule has 1 fully saturated rings. The second kappa shape index (κ2) is 7.90. The van der Waals surface area contributed by atoms with Gasteiger partial charge >= 0.3 is 6.18 Å². The molecule has 2 aliphatic rings. The van der Waals surface area contributed by atoms with E-state index in [0.717, 1.165) is 33.0 Å². The number of alkyl halides is 3. The van der Waals surface area contributed by atoms with Gasteiger partial charge in [-0.2, -0.15) is 13.2 Å². The summed E-state index contributed by atoms with van der Waals surface area (Å²) in [4.78, 5) is 28.3. The summed E-state index contributed by atoms with van der Waals surface area (Å²) in [6, 6.07) is 17.1. The first kappa shape index (κ1) is 21.5. The summed E-state index contributed by atoms with van der Waals surface area (Å²) in [6.45, 7) is 0.809. The molecule has 0 spiro atoms. The van der Waals surface area contributed by atoms with Crippen LogP contribution in [0.5, 0.6) is 0 Å². The zero-order valence-corrected chi connectivity index (χ0v) is 18.2. The molecule has 2 aliphatic heterocycles. The number of carbonyl (C=O) groups is 2. The number of piperidine rings is 1. The highest BCUT2D eigenvalue weighted by Gasteiger charge is 2.41. The lowest BCUT2D eigenvalue weighted by Gasteiger charge is -2.33. The monoisotopic (exact) mass is 452 g/mol. The summed E-state index contributed by atoms with van der Waals surface area (Å²) >= 11 is 0. The van der Waals surface area contributed by atoms with Gasteiger partial charge in [-0.1, -0.05) is 30.3 Å². The molecule has 1 saturated heterocycles. The molecule has 3 aromatic carbocycles. The summed E-state index contributed by atoms with van der Waals surface area (Å²) < 4.78 is 38.8. The van der Waals surface area contributed by atoms with Crippen LogP contribution in [-0.2, 0) is 6.54 Å². The van der Waals surface area contributed by atoms with Crippen molar-refractivity contribution in [2.75, 3.05) is 20.1 Å². The number of nitrogens with zero attached hydrogens (tertiary/aromatic N) is 2. The fourth-order valence-electron chi connectivity index (χ4n) is 4.89. The van der Waals surface area contributed by atoms with Crippen LogP contribution < -0.4 is 0 Å². The highest BCUT2D eigenvalue weighted by molar-refractivity contribution is 6.04. The Kier molecular flexibility index (Phi) is 5.15. The van der Waals surface area contributed by atoms with Gasteiger partial charge in [-0.15, -0.1) is 0 Å². The standard InChI is InChI=1S/C26H23F3N2O2/c1-30-15-19-14-17(5-8-23(19)25(30)33)21-4-2-3-16-13-18(6-7-22(16)21)24(32)31-11-9-20(10-12-31)26(27,28)29/h2-8,13-14,20H,9-12,15H2,1H3. The fraction of sp³-hybridized carbons (Fsp3) is 0.308. The molecule has 0 radical (unpaired) electrons. The van der Waals surface area contributed by atoms with Crippen molar-refractivity contribution < 1.29 is 22.8 Å². The number of carbonyl (C=O) groups excluding carboxylic acids is 2. The van der Waals surface area contributed by atoms with E-state index in [1.54, 1.807) is 18.0 Å². The van der Waals surface area contributed by atoms with Crippen LogP contribution in [0.1, 0.15) is 39.1 Å². The Morgan fingerprint density at radius 3 is 2.45 bits per heavy atom. The third kappa shape index (κ3) is 3.86. The number of fused-ring (bicyclic) bond motifs is 2. The summed E-state index contributed by atoms with van der Waals surface area (Å²) in [5.41, 5.74) is 4.19. The van der Waals surface area contributed by atoms with Crippen molar-refractivity contribution in [2.24, 2.45) is 5.92 Å². The lowest BCUT2D eigenvalue weighted by Crippen LogP contribution is -2.42. The molecule has 7 heteroatoms. The SMILES string of the molecule is CN1Cc2cc(-c3cccc4cc(C(=O)N5CCC(C(F)(F)F)CC5)ccc34)ccc2C1=O. The molecule has 5 rings (SSSR count). The zero-order valence-electron chi connectivity index (χ0n) is 18.2. The fourth-order valence-corrected chi connectivity index (χ4v) is 4.89. The van der Waals surface area contributed by atoms with Crippen molar-refractivity contribution in [2.45, 2.75) is 25.6 Å². The number of hydrogen-bond donors (Lipinski definition) is 0. The van der Waals surface area contributed by atoms with Crippen LogP contribution in [0.15, 0.2) is 54.6 Å². The minimum Gasteiger partial charge on any atom is -0.339 e. The molecule has 33 heavy (non-hydrogen) atoms. The minimum atomic E-state index is -4.20. The van der Waals surface area contributed by atoms with Gasteiger partial charge in [0.05, 0.1) is 5.92 Å². The Balaban J connectivity index is 1.41. The van der Waals surface area contributed by atoms with Crippen LogP contribution in [-0.4, -0.2) is 47.9 Å². The van der Waals surface area contributed by atoms with E-state index in [2.05, 4.69) is 0 Å². The van der Waals surface area contributed by atoms with E-state index in [1.807, 2.05) is 48.5 Å². The Bertz CT molecular complexity index is 1260. The molecule has 2 amide bonds. The van der Waals surface area contributed by atoms with Crippen molar-refractivity contribution in [3.05, 3.63) is 71.3 Å². The summed E-state index contributed by atoms with van der Waals surface area (Å²) in [5.74, 6) is -1.54. The summed E-state index contributed by atoms with van der Waals surface area (Å²) in [5, 5.41) is 1.86. The van der Waals surface area contributed by atoms with E-state index in [4.69, 9.17) is 0 Å². The quantitative estimate of drug-likeness (QED) is 0.515. The summed E-state index contributed by atoms with van der Waals surface area (Å²) in [7, 11) is 1.78. The molecule has 2 heterocycles. The molecule has 170 valence electrons. The van der Waals surface area contributed by atoms with Gasteiger partial charge in [-0.3, -0.25) is 9.59 Å². The molecule has 3 aromatic rings.